The van der Waals surface area contributed by atoms with E-state index in [1.807, 2.05) is 24.5 Å². The maximum atomic E-state index is 5.20. The normalized spacial score (nSPS) is 14.8. The first-order valence-corrected chi connectivity index (χ1v) is 17.5. The number of hydrogen-bond acceptors (Lipinski definition) is 3. The first-order chi connectivity index (χ1) is 25.3. The highest BCUT2D eigenvalue weighted by atomic mass is 14.9. The predicted octanol–water partition coefficient (Wildman–Crippen LogP) is 11.8. The van der Waals surface area contributed by atoms with Crippen LogP contribution in [-0.4, -0.2) is 19.4 Å². The van der Waals surface area contributed by atoms with Crippen molar-refractivity contribution in [1.82, 2.24) is 19.4 Å². The molecule has 0 saturated heterocycles. The number of aromatic nitrogens is 4. The molecule has 10 aromatic rings. The van der Waals surface area contributed by atoms with Crippen LogP contribution in [0.4, 0.5) is 0 Å². The number of benzene rings is 6. The SMILES string of the molecule is C1=CC(c2ccc3c(ccc4cc(-c5cc6cccnc6c6ncccc56)ccc43)c2)CC=C1c1nc2ccccc2n2c1cc1ccccc12. The molecule has 4 heteroatoms. The minimum atomic E-state index is 0.308. The van der Waals surface area contributed by atoms with E-state index >= 15 is 0 Å². The molecule has 0 N–H and O–H groups in total. The zero-order valence-electron chi connectivity index (χ0n) is 27.7. The summed E-state index contributed by atoms with van der Waals surface area (Å²) in [6, 6.07) is 48.2. The van der Waals surface area contributed by atoms with Gasteiger partial charge in [-0.3, -0.25) is 9.97 Å². The van der Waals surface area contributed by atoms with Crippen LogP contribution in [0.2, 0.25) is 0 Å². The molecule has 1 unspecified atom stereocenters. The van der Waals surface area contributed by atoms with Gasteiger partial charge in [-0.25, -0.2) is 4.98 Å². The van der Waals surface area contributed by atoms with Gasteiger partial charge < -0.3 is 4.40 Å². The summed E-state index contributed by atoms with van der Waals surface area (Å²) in [7, 11) is 0. The maximum absolute atomic E-state index is 5.20. The van der Waals surface area contributed by atoms with Crippen molar-refractivity contribution in [3.05, 3.63) is 175 Å². The second-order valence-electron chi connectivity index (χ2n) is 13.6. The van der Waals surface area contributed by atoms with Crippen LogP contribution in [0.25, 0.3) is 87.5 Å². The van der Waals surface area contributed by atoms with Gasteiger partial charge >= 0.3 is 0 Å². The molecular weight excluding hydrogens is 621 g/mol. The van der Waals surface area contributed by atoms with Crippen molar-refractivity contribution < 1.29 is 0 Å². The molecule has 1 atom stereocenters. The zero-order chi connectivity index (χ0) is 33.5. The van der Waals surface area contributed by atoms with Crippen molar-refractivity contribution in [3.63, 3.8) is 0 Å². The summed E-state index contributed by atoms with van der Waals surface area (Å²) in [5.41, 5.74) is 12.3. The second kappa shape index (κ2) is 10.9. The van der Waals surface area contributed by atoms with Crippen LogP contribution in [-0.2, 0) is 0 Å². The van der Waals surface area contributed by atoms with Crippen LogP contribution >= 0.6 is 0 Å². The van der Waals surface area contributed by atoms with E-state index in [0.717, 1.165) is 50.5 Å². The zero-order valence-corrected chi connectivity index (χ0v) is 27.7. The molecule has 238 valence electrons. The molecular formula is C47H30N4. The number of pyridine rings is 2. The van der Waals surface area contributed by atoms with Gasteiger partial charge in [0.2, 0.25) is 0 Å². The topological polar surface area (TPSA) is 43.1 Å². The summed E-state index contributed by atoms with van der Waals surface area (Å²) >= 11 is 0. The summed E-state index contributed by atoms with van der Waals surface area (Å²) < 4.78 is 2.36. The highest BCUT2D eigenvalue weighted by molar-refractivity contribution is 6.13. The van der Waals surface area contributed by atoms with Gasteiger partial charge in [0.15, 0.2) is 0 Å². The first kappa shape index (κ1) is 28.2. The van der Waals surface area contributed by atoms with E-state index in [1.165, 1.54) is 54.7 Å². The summed E-state index contributed by atoms with van der Waals surface area (Å²) in [5, 5.41) is 8.48. The van der Waals surface area contributed by atoms with Crippen LogP contribution < -0.4 is 0 Å². The third-order valence-corrected chi connectivity index (χ3v) is 10.7. The van der Waals surface area contributed by atoms with Gasteiger partial charge in [0.05, 0.1) is 38.8 Å². The summed E-state index contributed by atoms with van der Waals surface area (Å²) in [6.07, 6.45) is 11.6. The van der Waals surface area contributed by atoms with E-state index in [1.54, 1.807) is 0 Å². The molecule has 4 aromatic heterocycles. The molecule has 0 radical (unpaired) electrons. The van der Waals surface area contributed by atoms with Gasteiger partial charge in [-0.15, -0.1) is 0 Å². The molecule has 0 bridgehead atoms. The number of hydrogen-bond donors (Lipinski definition) is 0. The number of allylic oxidation sites excluding steroid dienone is 4. The fourth-order valence-electron chi connectivity index (χ4n) is 8.27. The van der Waals surface area contributed by atoms with Crippen LogP contribution in [0, 0.1) is 0 Å². The quantitative estimate of drug-likeness (QED) is 0.179. The number of para-hydroxylation sites is 3. The average molecular weight is 651 g/mol. The van der Waals surface area contributed by atoms with E-state index in [2.05, 4.69) is 149 Å². The van der Waals surface area contributed by atoms with E-state index < -0.39 is 0 Å². The molecule has 0 aliphatic heterocycles. The van der Waals surface area contributed by atoms with Gasteiger partial charge in [-0.1, -0.05) is 103 Å². The lowest BCUT2D eigenvalue weighted by Crippen LogP contribution is -2.02. The first-order valence-electron chi connectivity index (χ1n) is 17.5. The van der Waals surface area contributed by atoms with Gasteiger partial charge in [-0.05, 0) is 98.8 Å². The van der Waals surface area contributed by atoms with Gasteiger partial charge in [0, 0.05) is 34.5 Å². The molecule has 11 rings (SSSR count). The predicted molar refractivity (Wildman–Crippen MR) is 212 cm³/mol. The van der Waals surface area contributed by atoms with Crippen LogP contribution in [0.5, 0.6) is 0 Å². The summed E-state index contributed by atoms with van der Waals surface area (Å²) in [4.78, 5) is 14.6. The maximum Gasteiger partial charge on any atom is 0.0970 e. The number of nitrogens with zero attached hydrogens (tertiary/aromatic N) is 4. The molecule has 0 fully saturated rings. The van der Waals surface area contributed by atoms with Crippen molar-refractivity contribution in [1.29, 1.82) is 0 Å². The molecule has 6 aromatic carbocycles. The standard InChI is InChI=1S/C47H30N4/c1-3-11-42-35(7-1)28-44-45(50-41-10-2-4-12-43(41)51(42)44)30-15-13-29(14-16-30)31-19-21-37-32(25-31)17-18-33-26-34(20-22-38(33)37)40-27-36-8-5-23-48-46(36)47-39(40)9-6-24-49-47/h1-13,15-29H,14H2. The Hall–Kier alpha value is -6.65. The van der Waals surface area contributed by atoms with Crippen LogP contribution in [0.15, 0.2) is 164 Å². The number of rotatable bonds is 3. The van der Waals surface area contributed by atoms with Crippen molar-refractivity contribution >= 4 is 76.4 Å². The Bertz CT molecular complexity index is 3130. The smallest absolute Gasteiger partial charge is 0.0970 e. The lowest BCUT2D eigenvalue weighted by atomic mass is 9.87. The summed E-state index contributed by atoms with van der Waals surface area (Å²) in [5.74, 6) is 0.308. The van der Waals surface area contributed by atoms with E-state index in [0.29, 0.717) is 5.92 Å². The van der Waals surface area contributed by atoms with Gasteiger partial charge in [0.1, 0.15) is 0 Å². The molecule has 1 aliphatic carbocycles. The highest BCUT2D eigenvalue weighted by Crippen LogP contribution is 2.38. The van der Waals surface area contributed by atoms with Crippen LogP contribution in [0.1, 0.15) is 23.6 Å². The molecule has 0 spiro atoms. The Morgan fingerprint density at radius 2 is 1.31 bits per heavy atom. The highest BCUT2D eigenvalue weighted by Gasteiger charge is 2.19. The third-order valence-electron chi connectivity index (χ3n) is 10.7. The Morgan fingerprint density at radius 1 is 0.549 bits per heavy atom. The molecule has 51 heavy (non-hydrogen) atoms. The lowest BCUT2D eigenvalue weighted by Gasteiger charge is -2.18. The Labute approximate surface area is 293 Å². The second-order valence-corrected chi connectivity index (χ2v) is 13.6. The molecule has 1 aliphatic rings. The van der Waals surface area contributed by atoms with Crippen molar-refractivity contribution in [2.24, 2.45) is 0 Å². The van der Waals surface area contributed by atoms with E-state index in [4.69, 9.17) is 9.97 Å². The monoisotopic (exact) mass is 650 g/mol. The van der Waals surface area contributed by atoms with E-state index in [-0.39, 0.29) is 0 Å². The van der Waals surface area contributed by atoms with Crippen molar-refractivity contribution in [3.8, 4) is 11.1 Å². The Kier molecular flexibility index (Phi) is 6.05. The van der Waals surface area contributed by atoms with Crippen molar-refractivity contribution in [2.45, 2.75) is 12.3 Å². The molecule has 4 nitrogen and oxygen atoms in total. The fraction of sp³-hybridized carbons (Fsp3) is 0.0426. The van der Waals surface area contributed by atoms with Crippen molar-refractivity contribution in [2.75, 3.05) is 0 Å². The summed E-state index contributed by atoms with van der Waals surface area (Å²) in [6.45, 7) is 0. The average Bonchev–Trinajstić information content (AvgIpc) is 3.60. The molecule has 0 amide bonds. The fourth-order valence-corrected chi connectivity index (χ4v) is 8.27. The van der Waals surface area contributed by atoms with Gasteiger partial charge in [0.25, 0.3) is 0 Å². The Balaban J connectivity index is 0.941. The lowest BCUT2D eigenvalue weighted by molar-refractivity contribution is 0.858. The minimum Gasteiger partial charge on any atom is -0.306 e. The number of fused-ring (bicyclic) bond motifs is 11. The minimum absolute atomic E-state index is 0.308. The third kappa shape index (κ3) is 4.36. The molecule has 0 saturated carbocycles. The van der Waals surface area contributed by atoms with E-state index in [9.17, 15) is 0 Å². The molecule has 4 heterocycles. The largest absolute Gasteiger partial charge is 0.306 e. The van der Waals surface area contributed by atoms with Gasteiger partial charge in [-0.2, -0.15) is 0 Å². The Morgan fingerprint density at radius 3 is 2.20 bits per heavy atom. The van der Waals surface area contributed by atoms with Crippen LogP contribution in [0.3, 0.4) is 0 Å².